The van der Waals surface area contributed by atoms with E-state index in [1.165, 1.54) is 18.3 Å². The lowest BCUT2D eigenvalue weighted by atomic mass is 9.89. The molecule has 2 aromatic rings. The Bertz CT molecular complexity index is 959. The number of rotatable bonds is 3. The second-order valence-electron chi connectivity index (χ2n) is 5.85. The number of aromatic nitrogens is 2. The fourth-order valence-corrected chi connectivity index (χ4v) is 2.54. The highest BCUT2D eigenvalue weighted by atomic mass is 35.5. The fourth-order valence-electron chi connectivity index (χ4n) is 2.38. The van der Waals surface area contributed by atoms with Gasteiger partial charge in [-0.1, -0.05) is 11.6 Å². The van der Waals surface area contributed by atoms with Crippen molar-refractivity contribution in [1.82, 2.24) is 9.97 Å². The molecule has 3 N–H and O–H groups in total. The molecule has 0 bridgehead atoms. The summed E-state index contributed by atoms with van der Waals surface area (Å²) in [6, 6.07) is 4.36. The van der Waals surface area contributed by atoms with E-state index < -0.39 is 41.7 Å². The number of ether oxygens (including phenoxy) is 2. The van der Waals surface area contributed by atoms with Crippen LogP contribution in [0.15, 0.2) is 35.5 Å². The van der Waals surface area contributed by atoms with Gasteiger partial charge in [-0.15, -0.1) is 0 Å². The smallest absolute Gasteiger partial charge is 0.419 e. The number of nitrogens with one attached hydrogen (secondary N) is 1. The quantitative estimate of drug-likeness (QED) is 0.796. The molecule has 2 aromatic heterocycles. The molecule has 3 rings (SSSR count). The van der Waals surface area contributed by atoms with E-state index in [0.717, 1.165) is 19.1 Å². The van der Waals surface area contributed by atoms with Crippen LogP contribution in [-0.4, -0.2) is 34.6 Å². The van der Waals surface area contributed by atoms with Crippen molar-refractivity contribution < 1.29 is 27.4 Å². The molecular formula is C16H13ClF3N5O3. The number of nitrogens with zero attached hydrogens (tertiary/aromatic N) is 3. The molecule has 0 radical (unpaired) electrons. The van der Waals surface area contributed by atoms with Crippen molar-refractivity contribution in [2.75, 3.05) is 11.9 Å². The number of amides is 1. The second-order valence-corrected chi connectivity index (χ2v) is 6.25. The van der Waals surface area contributed by atoms with Crippen LogP contribution in [0.3, 0.4) is 0 Å². The van der Waals surface area contributed by atoms with Gasteiger partial charge in [-0.05, 0) is 31.2 Å². The summed E-state index contributed by atoms with van der Waals surface area (Å²) in [5.41, 5.74) is 2.21. The SMILES string of the molecule is C[C@]1(c2nc(NC(=O)Oc3ncccc3Cl)ccc2F)N=C(N)OCC1(F)F. The van der Waals surface area contributed by atoms with E-state index >= 15 is 0 Å². The first-order valence-electron chi connectivity index (χ1n) is 7.75. The summed E-state index contributed by atoms with van der Waals surface area (Å²) in [6.07, 6.45) is 0.289. The molecule has 1 amide bonds. The second kappa shape index (κ2) is 7.15. The van der Waals surface area contributed by atoms with Crippen molar-refractivity contribution in [2.24, 2.45) is 10.7 Å². The largest absolute Gasteiger partial charge is 0.459 e. The minimum Gasteiger partial charge on any atom is -0.459 e. The maximum atomic E-state index is 14.4. The summed E-state index contributed by atoms with van der Waals surface area (Å²) in [5, 5.41) is 2.26. The van der Waals surface area contributed by atoms with E-state index in [2.05, 4.69) is 25.0 Å². The number of carbonyl (C=O) groups is 1. The number of aliphatic imine (C=N–C) groups is 1. The van der Waals surface area contributed by atoms with Gasteiger partial charge in [-0.3, -0.25) is 5.32 Å². The number of carbonyl (C=O) groups excluding carboxylic acids is 1. The average molecular weight is 416 g/mol. The van der Waals surface area contributed by atoms with Gasteiger partial charge in [-0.25, -0.2) is 24.1 Å². The van der Waals surface area contributed by atoms with Crippen LogP contribution in [-0.2, 0) is 10.3 Å². The van der Waals surface area contributed by atoms with Crippen molar-refractivity contribution in [2.45, 2.75) is 18.4 Å². The van der Waals surface area contributed by atoms with Crippen molar-refractivity contribution >= 4 is 29.5 Å². The summed E-state index contributed by atoms with van der Waals surface area (Å²) in [6.45, 7) is -0.138. The minimum absolute atomic E-state index is 0.0737. The zero-order valence-corrected chi connectivity index (χ0v) is 15.0. The molecule has 0 saturated carbocycles. The van der Waals surface area contributed by atoms with Crippen LogP contribution in [0.5, 0.6) is 5.88 Å². The van der Waals surface area contributed by atoms with E-state index in [1.54, 1.807) is 0 Å². The normalized spacial score (nSPS) is 20.7. The number of hydrogen-bond acceptors (Lipinski definition) is 7. The van der Waals surface area contributed by atoms with Crippen molar-refractivity contribution in [3.63, 3.8) is 0 Å². The van der Waals surface area contributed by atoms with Gasteiger partial charge in [0.25, 0.3) is 6.02 Å². The summed E-state index contributed by atoms with van der Waals surface area (Å²) < 4.78 is 52.5. The molecule has 0 aromatic carbocycles. The summed E-state index contributed by atoms with van der Waals surface area (Å²) in [7, 11) is 0. The van der Waals surface area contributed by atoms with Gasteiger partial charge >= 0.3 is 12.0 Å². The lowest BCUT2D eigenvalue weighted by molar-refractivity contribution is -0.118. The summed E-state index contributed by atoms with van der Waals surface area (Å²) in [5.74, 6) is -5.10. The highest BCUT2D eigenvalue weighted by molar-refractivity contribution is 6.31. The first-order valence-corrected chi connectivity index (χ1v) is 8.12. The molecule has 0 fully saturated rings. The molecule has 1 atom stereocenters. The number of anilines is 1. The first-order chi connectivity index (χ1) is 13.1. The van der Waals surface area contributed by atoms with Crippen molar-refractivity contribution in [3.8, 4) is 5.88 Å². The Kier molecular flexibility index (Phi) is 5.02. The third-order valence-electron chi connectivity index (χ3n) is 3.90. The third-order valence-corrected chi connectivity index (χ3v) is 4.19. The Hall–Kier alpha value is -3.08. The Labute approximate surface area is 161 Å². The monoisotopic (exact) mass is 415 g/mol. The van der Waals surface area contributed by atoms with Crippen LogP contribution in [0.1, 0.15) is 12.6 Å². The predicted octanol–water partition coefficient (Wildman–Crippen LogP) is 3.08. The molecule has 3 heterocycles. The van der Waals surface area contributed by atoms with Gasteiger partial charge in [-0.2, -0.15) is 8.78 Å². The maximum absolute atomic E-state index is 14.4. The van der Waals surface area contributed by atoms with E-state index in [9.17, 15) is 18.0 Å². The van der Waals surface area contributed by atoms with Crippen LogP contribution >= 0.6 is 11.6 Å². The van der Waals surface area contributed by atoms with E-state index in [1.807, 2.05) is 0 Å². The first kappa shape index (κ1) is 19.7. The van der Waals surface area contributed by atoms with Crippen LogP contribution in [0.25, 0.3) is 0 Å². The Balaban J connectivity index is 1.89. The minimum atomic E-state index is -3.61. The fraction of sp³-hybridized carbons (Fsp3) is 0.250. The third kappa shape index (κ3) is 3.65. The van der Waals surface area contributed by atoms with Gasteiger partial charge in [0.05, 0.1) is 0 Å². The van der Waals surface area contributed by atoms with Crippen molar-refractivity contribution in [1.29, 1.82) is 0 Å². The van der Waals surface area contributed by atoms with Gasteiger partial charge in [0.15, 0.2) is 12.1 Å². The molecule has 0 unspecified atom stereocenters. The molecule has 148 valence electrons. The highest BCUT2D eigenvalue weighted by Gasteiger charge is 2.57. The molecule has 0 saturated heterocycles. The zero-order chi connectivity index (χ0) is 20.5. The predicted molar refractivity (Wildman–Crippen MR) is 93.0 cm³/mol. The average Bonchev–Trinajstić information content (AvgIpc) is 2.62. The molecule has 1 aliphatic heterocycles. The van der Waals surface area contributed by atoms with E-state index in [-0.39, 0.29) is 16.7 Å². The summed E-state index contributed by atoms with van der Waals surface area (Å²) >= 11 is 5.83. The van der Waals surface area contributed by atoms with Gasteiger partial charge in [0, 0.05) is 6.20 Å². The maximum Gasteiger partial charge on any atom is 0.419 e. The molecular weight excluding hydrogens is 403 g/mol. The van der Waals surface area contributed by atoms with Gasteiger partial charge in [0.1, 0.15) is 22.4 Å². The standard InChI is InChI=1S/C16H13ClF3N5O3/c1-15(16(19,20)7-27-13(21)25-15)11-9(18)4-5-10(23-11)24-14(26)28-12-8(17)3-2-6-22-12/h2-6H,7H2,1H3,(H2,21,25)(H,23,24,26)/t15-/m1/s1. The number of amidine groups is 1. The number of pyridine rings is 2. The number of halogens is 4. The van der Waals surface area contributed by atoms with Crippen molar-refractivity contribution in [3.05, 3.63) is 47.0 Å². The van der Waals surface area contributed by atoms with Crippen LogP contribution < -0.4 is 15.8 Å². The number of nitrogens with two attached hydrogens (primary N) is 1. The van der Waals surface area contributed by atoms with E-state index in [4.69, 9.17) is 22.1 Å². The van der Waals surface area contributed by atoms with Crippen LogP contribution in [0, 0.1) is 5.82 Å². The Morgan fingerprint density at radius 3 is 2.86 bits per heavy atom. The topological polar surface area (TPSA) is 112 Å². The van der Waals surface area contributed by atoms with E-state index in [0.29, 0.717) is 0 Å². The van der Waals surface area contributed by atoms with Crippen LogP contribution in [0.2, 0.25) is 5.02 Å². The molecule has 8 nitrogen and oxygen atoms in total. The van der Waals surface area contributed by atoms with Gasteiger partial charge in [0.2, 0.25) is 5.88 Å². The summed E-state index contributed by atoms with van der Waals surface area (Å²) in [4.78, 5) is 23.1. The number of hydrogen-bond donors (Lipinski definition) is 2. The van der Waals surface area contributed by atoms with Crippen LogP contribution in [0.4, 0.5) is 23.8 Å². The molecule has 28 heavy (non-hydrogen) atoms. The molecule has 0 aliphatic carbocycles. The Morgan fingerprint density at radius 1 is 1.39 bits per heavy atom. The zero-order valence-electron chi connectivity index (χ0n) is 14.2. The lowest BCUT2D eigenvalue weighted by Gasteiger charge is -2.36. The Morgan fingerprint density at radius 2 is 2.14 bits per heavy atom. The number of alkyl halides is 2. The highest BCUT2D eigenvalue weighted by Crippen LogP contribution is 2.43. The molecule has 1 aliphatic rings. The molecule has 12 heteroatoms. The van der Waals surface area contributed by atoms with Gasteiger partial charge < -0.3 is 15.2 Å². The molecule has 0 spiro atoms. The lowest BCUT2D eigenvalue weighted by Crippen LogP contribution is -2.51.